The van der Waals surface area contributed by atoms with Gasteiger partial charge < -0.3 is 10.9 Å². The van der Waals surface area contributed by atoms with Gasteiger partial charge in [0.15, 0.2) is 5.82 Å². The topological polar surface area (TPSA) is 77.9 Å². The first-order valence-electron chi connectivity index (χ1n) is 3.32. The zero-order valence-corrected chi connectivity index (χ0v) is 6.24. The number of nitrogens with zero attached hydrogens (tertiary/aromatic N) is 2. The molecule has 0 amide bonds. The van der Waals surface area contributed by atoms with Gasteiger partial charge in [-0.15, -0.1) is 0 Å². The van der Waals surface area contributed by atoms with Gasteiger partial charge >= 0.3 is 0 Å². The molecule has 0 spiro atoms. The molecule has 0 aromatic carbocycles. The van der Waals surface area contributed by atoms with Crippen LogP contribution in [0.15, 0.2) is 12.4 Å². The van der Waals surface area contributed by atoms with E-state index in [2.05, 4.69) is 10.3 Å². The molecule has 0 aliphatic heterocycles. The van der Waals surface area contributed by atoms with Crippen molar-refractivity contribution in [3.05, 3.63) is 17.6 Å². The average molecular weight is 154 g/mol. The molecule has 0 atom stereocenters. The Morgan fingerprint density at radius 2 is 2.55 bits per heavy atom. The zero-order valence-electron chi connectivity index (χ0n) is 6.24. The second-order valence-electron chi connectivity index (χ2n) is 2.05. The van der Waals surface area contributed by atoms with Gasteiger partial charge in [-0.1, -0.05) is 0 Å². The maximum Gasteiger partial charge on any atom is 0.296 e. The Balaban J connectivity index is 2.90. The Hall–Kier alpha value is -1.52. The van der Waals surface area contributed by atoms with Crippen molar-refractivity contribution in [1.82, 2.24) is 4.98 Å². The van der Waals surface area contributed by atoms with E-state index >= 15 is 0 Å². The largest absolute Gasteiger partial charge is 0.710 e. The number of nitrogens with one attached hydrogen (secondary N) is 1. The first kappa shape index (κ1) is 7.59. The van der Waals surface area contributed by atoms with Gasteiger partial charge in [0.05, 0.1) is 6.54 Å². The standard InChI is InChI=1S/C6H10N4O/c1-2-8-6-3-9-5(7)4-10(6)11/h3-4,8H,2H2,1H3,(H2,7,9). The smallest absolute Gasteiger partial charge is 0.296 e. The first-order chi connectivity index (χ1) is 5.24. The average Bonchev–Trinajstić information content (AvgIpc) is 1.95. The van der Waals surface area contributed by atoms with E-state index in [0.29, 0.717) is 17.1 Å². The predicted octanol–water partition coefficient (Wildman–Crippen LogP) is -0.271. The Bertz CT molecular complexity index is 250. The summed E-state index contributed by atoms with van der Waals surface area (Å²) in [5.41, 5.74) is 5.26. The number of aromatic nitrogens is 2. The normalized spacial score (nSPS) is 9.55. The number of hydrogen-bond donors (Lipinski definition) is 2. The van der Waals surface area contributed by atoms with Gasteiger partial charge in [-0.2, -0.15) is 0 Å². The van der Waals surface area contributed by atoms with Crippen molar-refractivity contribution >= 4 is 11.6 Å². The van der Waals surface area contributed by atoms with Crippen molar-refractivity contribution in [3.63, 3.8) is 0 Å². The maximum atomic E-state index is 11.0. The van der Waals surface area contributed by atoms with Crippen LogP contribution in [0.5, 0.6) is 0 Å². The minimum atomic E-state index is 0.224. The summed E-state index contributed by atoms with van der Waals surface area (Å²) in [5.74, 6) is 0.642. The van der Waals surface area contributed by atoms with Crippen LogP contribution in [0.4, 0.5) is 11.6 Å². The fraction of sp³-hybridized carbons (Fsp3) is 0.333. The third-order valence-electron chi connectivity index (χ3n) is 1.18. The Morgan fingerprint density at radius 1 is 1.82 bits per heavy atom. The van der Waals surface area contributed by atoms with Gasteiger partial charge in [0.25, 0.3) is 5.82 Å². The van der Waals surface area contributed by atoms with E-state index < -0.39 is 0 Å². The lowest BCUT2D eigenvalue weighted by atomic mass is 10.6. The van der Waals surface area contributed by atoms with Crippen LogP contribution in [0.2, 0.25) is 0 Å². The summed E-state index contributed by atoms with van der Waals surface area (Å²) >= 11 is 0. The summed E-state index contributed by atoms with van der Waals surface area (Å²) in [4.78, 5) is 3.75. The number of anilines is 2. The number of nitrogens with two attached hydrogens (primary N) is 1. The molecule has 1 heterocycles. The van der Waals surface area contributed by atoms with Crippen LogP contribution in [-0.2, 0) is 0 Å². The summed E-state index contributed by atoms with van der Waals surface area (Å²) in [6.45, 7) is 2.59. The highest BCUT2D eigenvalue weighted by atomic mass is 16.5. The minimum absolute atomic E-state index is 0.224. The molecule has 5 nitrogen and oxygen atoms in total. The van der Waals surface area contributed by atoms with Crippen molar-refractivity contribution in [1.29, 1.82) is 0 Å². The molecule has 0 saturated heterocycles. The van der Waals surface area contributed by atoms with Crippen LogP contribution in [0.3, 0.4) is 0 Å². The summed E-state index contributed by atoms with van der Waals surface area (Å²) in [6, 6.07) is 0. The molecule has 11 heavy (non-hydrogen) atoms. The molecule has 1 rings (SSSR count). The molecular formula is C6H10N4O. The number of rotatable bonds is 2. The fourth-order valence-electron chi connectivity index (χ4n) is 0.720. The lowest BCUT2D eigenvalue weighted by Crippen LogP contribution is -2.31. The predicted molar refractivity (Wildman–Crippen MR) is 41.8 cm³/mol. The van der Waals surface area contributed by atoms with Gasteiger partial charge in [0, 0.05) is 0 Å². The number of nitrogen functional groups attached to an aromatic ring is 1. The van der Waals surface area contributed by atoms with Crippen molar-refractivity contribution in [3.8, 4) is 0 Å². The molecule has 0 saturated carbocycles. The minimum Gasteiger partial charge on any atom is -0.710 e. The van der Waals surface area contributed by atoms with Crippen molar-refractivity contribution in [2.75, 3.05) is 17.6 Å². The first-order valence-corrected chi connectivity index (χ1v) is 3.32. The molecule has 0 fully saturated rings. The van der Waals surface area contributed by atoms with Crippen molar-refractivity contribution < 1.29 is 4.73 Å². The summed E-state index contributed by atoms with van der Waals surface area (Å²) in [5, 5.41) is 13.8. The lowest BCUT2D eigenvalue weighted by Gasteiger charge is -2.06. The van der Waals surface area contributed by atoms with Crippen LogP contribution < -0.4 is 15.8 Å². The molecule has 1 aromatic rings. The van der Waals surface area contributed by atoms with Crippen molar-refractivity contribution in [2.24, 2.45) is 0 Å². The second kappa shape index (κ2) is 3.05. The maximum absolute atomic E-state index is 11.0. The van der Waals surface area contributed by atoms with Gasteiger partial charge in [-0.05, 0) is 6.92 Å². The highest BCUT2D eigenvalue weighted by molar-refractivity contribution is 5.29. The Kier molecular flexibility index (Phi) is 2.10. The second-order valence-corrected chi connectivity index (χ2v) is 2.05. The van der Waals surface area contributed by atoms with Crippen LogP contribution >= 0.6 is 0 Å². The molecule has 0 bridgehead atoms. The molecule has 1 aromatic heterocycles. The third-order valence-corrected chi connectivity index (χ3v) is 1.18. The van der Waals surface area contributed by atoms with Crippen LogP contribution in [0.25, 0.3) is 0 Å². The molecule has 3 N–H and O–H groups in total. The van der Waals surface area contributed by atoms with Crippen LogP contribution in [-0.4, -0.2) is 11.5 Å². The van der Waals surface area contributed by atoms with Gasteiger partial charge in [0.2, 0.25) is 0 Å². The van der Waals surface area contributed by atoms with Crippen LogP contribution in [0, 0.1) is 5.21 Å². The van der Waals surface area contributed by atoms with E-state index in [1.165, 1.54) is 12.4 Å². The Labute approximate surface area is 64.4 Å². The van der Waals surface area contributed by atoms with E-state index in [4.69, 9.17) is 5.73 Å². The molecule has 5 heteroatoms. The highest BCUT2D eigenvalue weighted by Gasteiger charge is 2.00. The third kappa shape index (κ3) is 1.70. The fourth-order valence-corrected chi connectivity index (χ4v) is 0.720. The molecule has 0 aliphatic rings. The van der Waals surface area contributed by atoms with Crippen molar-refractivity contribution in [2.45, 2.75) is 6.92 Å². The van der Waals surface area contributed by atoms with Gasteiger partial charge in [-0.3, -0.25) is 5.32 Å². The quantitative estimate of drug-likeness (QED) is 0.454. The molecular weight excluding hydrogens is 144 g/mol. The molecule has 0 aliphatic carbocycles. The van der Waals surface area contributed by atoms with E-state index in [9.17, 15) is 5.21 Å². The monoisotopic (exact) mass is 154 g/mol. The summed E-state index contributed by atoms with van der Waals surface area (Å²) < 4.78 is 0.659. The van der Waals surface area contributed by atoms with Gasteiger partial charge in [0.1, 0.15) is 12.4 Å². The van der Waals surface area contributed by atoms with Crippen LogP contribution in [0.1, 0.15) is 6.92 Å². The molecule has 0 unspecified atom stereocenters. The van der Waals surface area contributed by atoms with E-state index in [-0.39, 0.29) is 5.82 Å². The van der Waals surface area contributed by atoms with E-state index in [1.807, 2.05) is 6.92 Å². The lowest BCUT2D eigenvalue weighted by molar-refractivity contribution is -0.590. The highest BCUT2D eigenvalue weighted by Crippen LogP contribution is 1.97. The SMILES string of the molecule is CCNc1cnc(N)c[n+]1[O-]. The van der Waals surface area contributed by atoms with Gasteiger partial charge in [-0.25, -0.2) is 9.71 Å². The summed E-state index contributed by atoms with van der Waals surface area (Å²) in [7, 11) is 0. The van der Waals surface area contributed by atoms with E-state index in [1.54, 1.807) is 0 Å². The summed E-state index contributed by atoms with van der Waals surface area (Å²) in [6.07, 6.45) is 2.63. The van der Waals surface area contributed by atoms with E-state index in [0.717, 1.165) is 0 Å². The number of hydrogen-bond acceptors (Lipinski definition) is 4. The Morgan fingerprint density at radius 3 is 3.09 bits per heavy atom. The molecule has 60 valence electrons. The molecule has 0 radical (unpaired) electrons. The zero-order chi connectivity index (χ0) is 8.27.